The monoisotopic (exact) mass is 346 g/mol. The van der Waals surface area contributed by atoms with Gasteiger partial charge in [-0.2, -0.15) is 0 Å². The van der Waals surface area contributed by atoms with E-state index in [-0.39, 0.29) is 5.97 Å². The minimum absolute atomic E-state index is 0.334. The third-order valence-corrected chi connectivity index (χ3v) is 3.68. The van der Waals surface area contributed by atoms with Crippen molar-refractivity contribution >= 4 is 32.5 Å². The molecule has 2 aromatic carbocycles. The molecule has 0 saturated carbocycles. The van der Waals surface area contributed by atoms with E-state index in [4.69, 9.17) is 4.74 Å². The molecular formula is C17H15BrO3. The Labute approximate surface area is 132 Å². The number of carbonyl (C=O) groups excluding carboxylic acids is 1. The van der Waals surface area contributed by atoms with Gasteiger partial charge in [-0.05, 0) is 41.5 Å². The van der Waals surface area contributed by atoms with Crippen LogP contribution < -0.4 is 4.74 Å². The van der Waals surface area contributed by atoms with Crippen LogP contribution in [0.1, 0.15) is 21.5 Å². The van der Waals surface area contributed by atoms with Crippen molar-refractivity contribution in [3.63, 3.8) is 0 Å². The lowest BCUT2D eigenvalue weighted by molar-refractivity contribution is 0.0601. The Morgan fingerprint density at radius 1 is 0.952 bits per heavy atom. The number of hydrogen-bond acceptors (Lipinski definition) is 3. The molecule has 2 rings (SSSR count). The molecule has 0 aliphatic rings. The SMILES string of the molecule is COC(=O)c1ccc(/C=C(\Br)c2ccc(OC)cc2)cc1. The van der Waals surface area contributed by atoms with E-state index >= 15 is 0 Å². The summed E-state index contributed by atoms with van der Waals surface area (Å²) in [5.41, 5.74) is 2.58. The number of rotatable bonds is 4. The van der Waals surface area contributed by atoms with Crippen molar-refractivity contribution in [2.45, 2.75) is 0 Å². The molecule has 21 heavy (non-hydrogen) atoms. The van der Waals surface area contributed by atoms with Gasteiger partial charge in [-0.3, -0.25) is 0 Å². The van der Waals surface area contributed by atoms with E-state index in [1.165, 1.54) is 7.11 Å². The highest BCUT2D eigenvalue weighted by atomic mass is 79.9. The molecule has 0 radical (unpaired) electrons. The summed E-state index contributed by atoms with van der Waals surface area (Å²) in [5.74, 6) is 0.487. The number of benzene rings is 2. The van der Waals surface area contributed by atoms with Crippen molar-refractivity contribution in [2.75, 3.05) is 14.2 Å². The number of halogens is 1. The highest BCUT2D eigenvalue weighted by molar-refractivity contribution is 9.15. The summed E-state index contributed by atoms with van der Waals surface area (Å²) < 4.78 is 10.8. The average Bonchev–Trinajstić information content (AvgIpc) is 2.55. The molecule has 4 heteroatoms. The highest BCUT2D eigenvalue weighted by Crippen LogP contribution is 2.26. The van der Waals surface area contributed by atoms with E-state index in [0.29, 0.717) is 5.56 Å². The van der Waals surface area contributed by atoms with Crippen LogP contribution in [0.3, 0.4) is 0 Å². The predicted molar refractivity (Wildman–Crippen MR) is 87.6 cm³/mol. The summed E-state index contributed by atoms with van der Waals surface area (Å²) >= 11 is 3.56. The van der Waals surface area contributed by atoms with Crippen molar-refractivity contribution in [3.8, 4) is 5.75 Å². The van der Waals surface area contributed by atoms with Gasteiger partial charge < -0.3 is 9.47 Å². The maximum absolute atomic E-state index is 11.4. The third kappa shape index (κ3) is 3.95. The third-order valence-electron chi connectivity index (χ3n) is 2.99. The van der Waals surface area contributed by atoms with Crippen molar-refractivity contribution in [2.24, 2.45) is 0 Å². The van der Waals surface area contributed by atoms with Crippen LogP contribution >= 0.6 is 15.9 Å². The van der Waals surface area contributed by atoms with Gasteiger partial charge in [0, 0.05) is 4.48 Å². The number of methoxy groups -OCH3 is 2. The quantitative estimate of drug-likeness (QED) is 0.608. The fourth-order valence-corrected chi connectivity index (χ4v) is 2.34. The summed E-state index contributed by atoms with van der Waals surface area (Å²) in [5, 5.41) is 0. The Kier molecular flexibility index (Phi) is 5.17. The maximum atomic E-state index is 11.4. The lowest BCUT2D eigenvalue weighted by atomic mass is 10.1. The minimum atomic E-state index is -0.334. The molecule has 0 heterocycles. The van der Waals surface area contributed by atoms with Crippen molar-refractivity contribution in [1.29, 1.82) is 0 Å². The molecule has 0 saturated heterocycles. The number of carbonyl (C=O) groups is 1. The van der Waals surface area contributed by atoms with Crippen LogP contribution in [0.15, 0.2) is 48.5 Å². The molecule has 2 aromatic rings. The Bertz CT molecular complexity index is 643. The van der Waals surface area contributed by atoms with Crippen LogP contribution in [-0.2, 0) is 4.74 Å². The Balaban J connectivity index is 2.19. The van der Waals surface area contributed by atoms with Gasteiger partial charge in [-0.25, -0.2) is 4.79 Å². The first-order valence-corrected chi connectivity index (χ1v) is 7.13. The number of ether oxygens (including phenoxy) is 2. The van der Waals surface area contributed by atoms with Gasteiger partial charge >= 0.3 is 5.97 Å². The Hall–Kier alpha value is -2.07. The zero-order valence-electron chi connectivity index (χ0n) is 11.8. The van der Waals surface area contributed by atoms with Crippen LogP contribution in [0.2, 0.25) is 0 Å². The van der Waals surface area contributed by atoms with Crippen molar-refractivity contribution in [3.05, 3.63) is 65.2 Å². The van der Waals surface area contributed by atoms with Gasteiger partial charge in [-0.1, -0.05) is 40.2 Å². The minimum Gasteiger partial charge on any atom is -0.497 e. The van der Waals surface area contributed by atoms with Gasteiger partial charge in [0.25, 0.3) is 0 Å². The topological polar surface area (TPSA) is 35.5 Å². The highest BCUT2D eigenvalue weighted by Gasteiger charge is 2.04. The summed E-state index contributed by atoms with van der Waals surface area (Å²) in [7, 11) is 3.01. The van der Waals surface area contributed by atoms with Crippen LogP contribution in [-0.4, -0.2) is 20.2 Å². The van der Waals surface area contributed by atoms with E-state index in [0.717, 1.165) is 21.4 Å². The summed E-state index contributed by atoms with van der Waals surface area (Å²) in [6, 6.07) is 15.0. The zero-order chi connectivity index (χ0) is 15.2. The fourth-order valence-electron chi connectivity index (χ4n) is 1.81. The second kappa shape index (κ2) is 7.09. The molecule has 0 unspecified atom stereocenters. The molecule has 3 nitrogen and oxygen atoms in total. The Morgan fingerprint density at radius 2 is 1.52 bits per heavy atom. The molecule has 0 amide bonds. The molecule has 0 atom stereocenters. The average molecular weight is 347 g/mol. The van der Waals surface area contributed by atoms with E-state index in [9.17, 15) is 4.79 Å². The molecule has 0 N–H and O–H groups in total. The summed E-state index contributed by atoms with van der Waals surface area (Å²) in [6.07, 6.45) is 1.99. The molecular weight excluding hydrogens is 332 g/mol. The predicted octanol–water partition coefficient (Wildman–Crippen LogP) is 4.37. The lowest BCUT2D eigenvalue weighted by Gasteiger charge is -2.04. The second-order valence-corrected chi connectivity index (χ2v) is 5.19. The van der Waals surface area contributed by atoms with Crippen LogP contribution in [0.25, 0.3) is 10.6 Å². The van der Waals surface area contributed by atoms with E-state index in [2.05, 4.69) is 20.7 Å². The molecule has 0 aliphatic heterocycles. The van der Waals surface area contributed by atoms with Crippen molar-refractivity contribution < 1.29 is 14.3 Å². The zero-order valence-corrected chi connectivity index (χ0v) is 13.4. The number of esters is 1. The van der Waals surface area contributed by atoms with E-state index < -0.39 is 0 Å². The van der Waals surface area contributed by atoms with Crippen LogP contribution in [0.4, 0.5) is 0 Å². The van der Waals surface area contributed by atoms with Crippen LogP contribution in [0, 0.1) is 0 Å². The summed E-state index contributed by atoms with van der Waals surface area (Å²) in [4.78, 5) is 11.4. The van der Waals surface area contributed by atoms with Gasteiger partial charge in [-0.15, -0.1) is 0 Å². The molecule has 0 spiro atoms. The molecule has 0 fully saturated rings. The van der Waals surface area contributed by atoms with Crippen LogP contribution in [0.5, 0.6) is 5.75 Å². The molecule has 108 valence electrons. The smallest absolute Gasteiger partial charge is 0.337 e. The normalized spacial score (nSPS) is 11.1. The van der Waals surface area contributed by atoms with Gasteiger partial charge in [0.1, 0.15) is 5.75 Å². The first-order chi connectivity index (χ1) is 10.1. The standard InChI is InChI=1S/C17H15BrO3/c1-20-15-9-7-13(8-10-15)16(18)11-12-3-5-14(6-4-12)17(19)21-2/h3-11H,1-2H3/b16-11-. The van der Waals surface area contributed by atoms with E-state index in [1.54, 1.807) is 19.2 Å². The fraction of sp³-hybridized carbons (Fsp3) is 0.118. The van der Waals surface area contributed by atoms with Gasteiger partial charge in [0.2, 0.25) is 0 Å². The molecule has 0 bridgehead atoms. The first kappa shape index (κ1) is 15.3. The summed E-state index contributed by atoms with van der Waals surface area (Å²) in [6.45, 7) is 0. The maximum Gasteiger partial charge on any atom is 0.337 e. The van der Waals surface area contributed by atoms with Gasteiger partial charge in [0.15, 0.2) is 0 Å². The Morgan fingerprint density at radius 3 is 2.05 bits per heavy atom. The number of hydrogen-bond donors (Lipinski definition) is 0. The largest absolute Gasteiger partial charge is 0.497 e. The molecule has 0 aliphatic carbocycles. The molecule has 0 aromatic heterocycles. The van der Waals surface area contributed by atoms with Gasteiger partial charge in [0.05, 0.1) is 19.8 Å². The lowest BCUT2D eigenvalue weighted by Crippen LogP contribution is -2.00. The van der Waals surface area contributed by atoms with Crippen molar-refractivity contribution in [1.82, 2.24) is 0 Å². The van der Waals surface area contributed by atoms with E-state index in [1.807, 2.05) is 42.5 Å². The first-order valence-electron chi connectivity index (χ1n) is 6.34. The second-order valence-electron chi connectivity index (χ2n) is 4.33.